The Morgan fingerprint density at radius 3 is 2.33 bits per heavy atom. The molecule has 0 unspecified atom stereocenters. The van der Waals surface area contributed by atoms with E-state index < -0.39 is 0 Å². The van der Waals surface area contributed by atoms with Crippen LogP contribution in [0.2, 0.25) is 0 Å². The molecular formula is C11H19N3O. The van der Waals surface area contributed by atoms with E-state index in [0.29, 0.717) is 11.8 Å². The van der Waals surface area contributed by atoms with Crippen molar-refractivity contribution < 1.29 is 4.74 Å². The fraction of sp³-hybridized carbons (Fsp3) is 0.636. The molecule has 0 radical (unpaired) electrons. The van der Waals surface area contributed by atoms with Crippen LogP contribution in [0, 0.1) is 0 Å². The number of nitrogens with two attached hydrogens (primary N) is 1. The fourth-order valence-corrected chi connectivity index (χ4v) is 1.64. The summed E-state index contributed by atoms with van der Waals surface area (Å²) < 4.78 is 5.23. The van der Waals surface area contributed by atoms with Gasteiger partial charge in [0.25, 0.3) is 0 Å². The van der Waals surface area contributed by atoms with Gasteiger partial charge in [-0.25, -0.2) is 4.98 Å². The third-order valence-corrected chi connectivity index (χ3v) is 2.25. The Morgan fingerprint density at radius 1 is 1.13 bits per heavy atom. The van der Waals surface area contributed by atoms with Crippen LogP contribution in [0.25, 0.3) is 0 Å². The minimum Gasteiger partial charge on any atom is -0.481 e. The highest BCUT2D eigenvalue weighted by molar-refractivity contribution is 5.36. The zero-order valence-corrected chi connectivity index (χ0v) is 9.71. The maximum Gasteiger partial charge on any atom is 0.223 e. The summed E-state index contributed by atoms with van der Waals surface area (Å²) in [7, 11) is 1.62. The molecule has 0 bridgehead atoms. The fourth-order valence-electron chi connectivity index (χ4n) is 1.64. The van der Waals surface area contributed by atoms with Crippen LogP contribution in [0.15, 0.2) is 0 Å². The molecule has 0 aliphatic rings. The van der Waals surface area contributed by atoms with Crippen LogP contribution < -0.4 is 10.5 Å². The normalized spacial score (nSPS) is 10.3. The second kappa shape index (κ2) is 5.53. The summed E-state index contributed by atoms with van der Waals surface area (Å²) in [5.74, 6) is 0.933. The molecule has 0 aliphatic carbocycles. The number of aryl methyl sites for hydroxylation is 1. The number of hydrogen-bond acceptors (Lipinski definition) is 4. The Kier molecular flexibility index (Phi) is 4.34. The van der Waals surface area contributed by atoms with E-state index in [2.05, 4.69) is 23.8 Å². The number of aromatic nitrogens is 2. The molecular weight excluding hydrogens is 190 g/mol. The molecule has 1 rings (SSSR count). The Balaban J connectivity index is 3.14. The maximum atomic E-state index is 5.63. The van der Waals surface area contributed by atoms with Gasteiger partial charge >= 0.3 is 0 Å². The van der Waals surface area contributed by atoms with E-state index in [1.165, 1.54) is 0 Å². The zero-order chi connectivity index (χ0) is 11.3. The monoisotopic (exact) mass is 209 g/mol. The van der Waals surface area contributed by atoms with Gasteiger partial charge < -0.3 is 10.5 Å². The van der Waals surface area contributed by atoms with Crippen LogP contribution in [-0.2, 0) is 12.8 Å². The number of methoxy groups -OCH3 is 1. The van der Waals surface area contributed by atoms with Crippen molar-refractivity contribution >= 4 is 5.95 Å². The van der Waals surface area contributed by atoms with Crippen molar-refractivity contribution in [3.8, 4) is 5.88 Å². The van der Waals surface area contributed by atoms with Gasteiger partial charge in [0.15, 0.2) is 0 Å². The Labute approximate surface area is 90.9 Å². The number of nitrogens with zero attached hydrogens (tertiary/aromatic N) is 2. The Hall–Kier alpha value is -1.32. The van der Waals surface area contributed by atoms with Gasteiger partial charge in [-0.15, -0.1) is 0 Å². The van der Waals surface area contributed by atoms with Crippen LogP contribution in [0.4, 0.5) is 5.95 Å². The first-order chi connectivity index (χ1) is 7.22. The maximum absolute atomic E-state index is 5.63. The lowest BCUT2D eigenvalue weighted by molar-refractivity contribution is 0.390. The molecule has 4 nitrogen and oxygen atoms in total. The second-order valence-corrected chi connectivity index (χ2v) is 3.52. The molecule has 1 aromatic rings. The van der Waals surface area contributed by atoms with E-state index in [1.807, 2.05) is 0 Å². The lowest BCUT2D eigenvalue weighted by Gasteiger charge is -2.11. The first-order valence-corrected chi connectivity index (χ1v) is 5.42. The van der Waals surface area contributed by atoms with Gasteiger partial charge in [-0.2, -0.15) is 4.98 Å². The topological polar surface area (TPSA) is 61.0 Å². The summed E-state index contributed by atoms with van der Waals surface area (Å²) in [6, 6.07) is 0. The summed E-state index contributed by atoms with van der Waals surface area (Å²) in [4.78, 5) is 8.37. The highest BCUT2D eigenvalue weighted by Crippen LogP contribution is 2.22. The van der Waals surface area contributed by atoms with E-state index in [4.69, 9.17) is 10.5 Å². The molecule has 1 heterocycles. The van der Waals surface area contributed by atoms with Gasteiger partial charge in [-0.3, -0.25) is 0 Å². The highest BCUT2D eigenvalue weighted by atomic mass is 16.5. The number of nitrogen functional groups attached to an aromatic ring is 1. The number of anilines is 1. The van der Waals surface area contributed by atoms with E-state index >= 15 is 0 Å². The van der Waals surface area contributed by atoms with Crippen LogP contribution in [0.1, 0.15) is 37.9 Å². The molecule has 0 amide bonds. The Bertz CT molecular complexity index is 326. The van der Waals surface area contributed by atoms with E-state index in [0.717, 1.165) is 36.9 Å². The lowest BCUT2D eigenvalue weighted by Crippen LogP contribution is -2.07. The minimum atomic E-state index is 0.301. The van der Waals surface area contributed by atoms with Crippen LogP contribution in [0.3, 0.4) is 0 Å². The summed E-state index contributed by atoms with van der Waals surface area (Å²) in [6.45, 7) is 4.26. The quantitative estimate of drug-likeness (QED) is 0.805. The van der Waals surface area contributed by atoms with Gasteiger partial charge in [0, 0.05) is 5.56 Å². The third kappa shape index (κ3) is 2.81. The van der Waals surface area contributed by atoms with Crippen molar-refractivity contribution in [2.24, 2.45) is 0 Å². The molecule has 0 saturated heterocycles. The van der Waals surface area contributed by atoms with Crippen LogP contribution in [-0.4, -0.2) is 17.1 Å². The molecule has 0 fully saturated rings. The summed E-state index contributed by atoms with van der Waals surface area (Å²) in [5.41, 5.74) is 7.77. The molecule has 0 saturated carbocycles. The second-order valence-electron chi connectivity index (χ2n) is 3.52. The first kappa shape index (κ1) is 11.8. The van der Waals surface area contributed by atoms with Gasteiger partial charge in [0.1, 0.15) is 0 Å². The Morgan fingerprint density at radius 2 is 1.80 bits per heavy atom. The van der Waals surface area contributed by atoms with E-state index in [9.17, 15) is 0 Å². The minimum absolute atomic E-state index is 0.301. The smallest absolute Gasteiger partial charge is 0.223 e. The average Bonchev–Trinajstić information content (AvgIpc) is 2.22. The van der Waals surface area contributed by atoms with Gasteiger partial charge in [-0.1, -0.05) is 26.7 Å². The molecule has 1 aromatic heterocycles. The zero-order valence-electron chi connectivity index (χ0n) is 9.71. The van der Waals surface area contributed by atoms with Crippen molar-refractivity contribution in [3.63, 3.8) is 0 Å². The standard InChI is InChI=1S/C11H19N3O/c1-4-6-8-9(7-5-2)13-11(12)14-10(8)15-3/h4-7H2,1-3H3,(H2,12,13,14). The van der Waals surface area contributed by atoms with Crippen molar-refractivity contribution in [3.05, 3.63) is 11.3 Å². The summed E-state index contributed by atoms with van der Waals surface area (Å²) in [6.07, 6.45) is 3.98. The molecule has 0 atom stereocenters. The molecule has 4 heteroatoms. The molecule has 0 spiro atoms. The van der Waals surface area contributed by atoms with Crippen LogP contribution in [0.5, 0.6) is 5.88 Å². The molecule has 15 heavy (non-hydrogen) atoms. The molecule has 84 valence electrons. The molecule has 0 aromatic carbocycles. The van der Waals surface area contributed by atoms with E-state index in [-0.39, 0.29) is 0 Å². The molecule has 0 aliphatic heterocycles. The van der Waals surface area contributed by atoms with Gasteiger partial charge in [0.05, 0.1) is 12.8 Å². The largest absolute Gasteiger partial charge is 0.481 e. The van der Waals surface area contributed by atoms with Gasteiger partial charge in [-0.05, 0) is 12.8 Å². The SMILES string of the molecule is CCCc1nc(N)nc(OC)c1CCC. The van der Waals surface area contributed by atoms with Crippen LogP contribution >= 0.6 is 0 Å². The average molecular weight is 209 g/mol. The van der Waals surface area contributed by atoms with Crippen molar-refractivity contribution in [2.45, 2.75) is 39.5 Å². The number of ether oxygens (including phenoxy) is 1. The van der Waals surface area contributed by atoms with Crippen molar-refractivity contribution in [2.75, 3.05) is 12.8 Å². The number of rotatable bonds is 5. The third-order valence-electron chi connectivity index (χ3n) is 2.25. The predicted octanol–water partition coefficient (Wildman–Crippen LogP) is 1.97. The highest BCUT2D eigenvalue weighted by Gasteiger charge is 2.12. The predicted molar refractivity (Wildman–Crippen MR) is 61.0 cm³/mol. The summed E-state index contributed by atoms with van der Waals surface area (Å²) in [5, 5.41) is 0. The lowest BCUT2D eigenvalue weighted by atomic mass is 10.1. The molecule has 2 N–H and O–H groups in total. The van der Waals surface area contributed by atoms with Crippen molar-refractivity contribution in [1.82, 2.24) is 9.97 Å². The van der Waals surface area contributed by atoms with E-state index in [1.54, 1.807) is 7.11 Å². The van der Waals surface area contributed by atoms with Crippen molar-refractivity contribution in [1.29, 1.82) is 0 Å². The van der Waals surface area contributed by atoms with Gasteiger partial charge in [0.2, 0.25) is 11.8 Å². The summed E-state index contributed by atoms with van der Waals surface area (Å²) >= 11 is 0. The number of hydrogen-bond donors (Lipinski definition) is 1. The first-order valence-electron chi connectivity index (χ1n) is 5.42.